The maximum Gasteiger partial charge on any atom is 0.310 e. The van der Waals surface area contributed by atoms with Crippen LogP contribution in [0.3, 0.4) is 0 Å². The van der Waals surface area contributed by atoms with Gasteiger partial charge in [0.2, 0.25) is 0 Å². The molecule has 4 nitrogen and oxygen atoms in total. The molecule has 0 bridgehead atoms. The van der Waals surface area contributed by atoms with E-state index in [0.717, 1.165) is 17.7 Å². The van der Waals surface area contributed by atoms with Gasteiger partial charge in [-0.25, -0.2) is 4.39 Å². The Morgan fingerprint density at radius 2 is 1.85 bits per heavy atom. The third-order valence-electron chi connectivity index (χ3n) is 5.48. The van der Waals surface area contributed by atoms with Gasteiger partial charge in [0.15, 0.2) is 6.10 Å². The number of anilines is 1. The second-order valence-electron chi connectivity index (χ2n) is 7.44. The highest BCUT2D eigenvalue weighted by atomic mass is 19.1. The van der Waals surface area contributed by atoms with Crippen LogP contribution in [0.5, 0.6) is 0 Å². The summed E-state index contributed by atoms with van der Waals surface area (Å²) in [5.41, 5.74) is 2.55. The van der Waals surface area contributed by atoms with Crippen molar-refractivity contribution < 1.29 is 18.7 Å². The van der Waals surface area contributed by atoms with Crippen molar-refractivity contribution in [2.75, 3.05) is 4.90 Å². The molecule has 0 radical (unpaired) electrons. The number of carbonyl (C=O) groups excluding carboxylic acids is 2. The average molecular weight is 367 g/mol. The van der Waals surface area contributed by atoms with E-state index in [1.54, 1.807) is 30.0 Å². The highest BCUT2D eigenvalue weighted by molar-refractivity contribution is 5.99. The Bertz CT molecular complexity index is 897. The maximum atomic E-state index is 13.9. The summed E-state index contributed by atoms with van der Waals surface area (Å²) < 4.78 is 19.3. The fourth-order valence-electron chi connectivity index (χ4n) is 3.98. The van der Waals surface area contributed by atoms with Crippen molar-refractivity contribution in [2.24, 2.45) is 5.92 Å². The van der Waals surface area contributed by atoms with E-state index in [2.05, 4.69) is 0 Å². The number of carbonyl (C=O) groups is 2. The van der Waals surface area contributed by atoms with Crippen LogP contribution in [-0.2, 0) is 20.7 Å². The zero-order valence-electron chi connectivity index (χ0n) is 15.4. The van der Waals surface area contributed by atoms with Crippen LogP contribution < -0.4 is 4.90 Å². The Labute approximate surface area is 157 Å². The van der Waals surface area contributed by atoms with E-state index in [-0.39, 0.29) is 29.6 Å². The molecular formula is C22H22FNO3. The second kappa shape index (κ2) is 6.80. The number of amides is 1. The molecule has 2 aromatic carbocycles. The van der Waals surface area contributed by atoms with Crippen molar-refractivity contribution >= 4 is 17.6 Å². The van der Waals surface area contributed by atoms with Crippen LogP contribution in [0.25, 0.3) is 0 Å². The molecule has 5 heteroatoms. The predicted molar refractivity (Wildman–Crippen MR) is 99.9 cm³/mol. The Morgan fingerprint density at radius 3 is 2.63 bits per heavy atom. The number of rotatable bonds is 4. The summed E-state index contributed by atoms with van der Waals surface area (Å²) in [6.45, 7) is 3.59. The lowest BCUT2D eigenvalue weighted by molar-refractivity contribution is -0.155. The molecule has 0 spiro atoms. The van der Waals surface area contributed by atoms with Gasteiger partial charge < -0.3 is 9.64 Å². The fourth-order valence-corrected chi connectivity index (χ4v) is 3.98. The normalized spacial score (nSPS) is 24.3. The topological polar surface area (TPSA) is 46.6 Å². The second-order valence-corrected chi connectivity index (χ2v) is 7.44. The van der Waals surface area contributed by atoms with Crippen LogP contribution in [0, 0.1) is 11.7 Å². The van der Waals surface area contributed by atoms with E-state index in [9.17, 15) is 14.0 Å². The first kappa shape index (κ1) is 17.7. The molecule has 1 heterocycles. The molecule has 0 N–H and O–H groups in total. The molecule has 1 amide bonds. The Hall–Kier alpha value is -2.69. The number of esters is 1. The van der Waals surface area contributed by atoms with E-state index >= 15 is 0 Å². The molecule has 0 aromatic heterocycles. The first-order chi connectivity index (χ1) is 13.0. The van der Waals surface area contributed by atoms with Gasteiger partial charge >= 0.3 is 5.97 Å². The van der Waals surface area contributed by atoms with Crippen LogP contribution in [0.4, 0.5) is 10.1 Å². The Kier molecular flexibility index (Phi) is 4.46. The number of benzene rings is 2. The zero-order valence-corrected chi connectivity index (χ0v) is 15.4. The van der Waals surface area contributed by atoms with Crippen LogP contribution in [0.2, 0.25) is 0 Å². The molecular weight excluding hydrogens is 345 g/mol. The number of halogens is 1. The minimum Gasteiger partial charge on any atom is -0.452 e. The minimum atomic E-state index is -0.868. The SMILES string of the molecule is C[C@H](OC(=O)[C@@H]1C[C@@H]1c1ccccc1F)C(=O)N1c2ccccc2C[C@@H]1C. The summed E-state index contributed by atoms with van der Waals surface area (Å²) >= 11 is 0. The Morgan fingerprint density at radius 1 is 1.15 bits per heavy atom. The van der Waals surface area contributed by atoms with Gasteiger partial charge in [-0.1, -0.05) is 36.4 Å². The van der Waals surface area contributed by atoms with Crippen molar-refractivity contribution in [2.45, 2.75) is 44.8 Å². The van der Waals surface area contributed by atoms with Crippen molar-refractivity contribution in [1.82, 2.24) is 0 Å². The molecule has 1 aliphatic carbocycles. The number of fused-ring (bicyclic) bond motifs is 1. The summed E-state index contributed by atoms with van der Waals surface area (Å²) in [5, 5.41) is 0. The molecule has 27 heavy (non-hydrogen) atoms. The predicted octanol–water partition coefficient (Wildman–Crippen LogP) is 3.84. The molecule has 1 fully saturated rings. The van der Waals surface area contributed by atoms with Crippen LogP contribution in [-0.4, -0.2) is 24.0 Å². The highest BCUT2D eigenvalue weighted by Gasteiger charge is 2.47. The van der Waals surface area contributed by atoms with Gasteiger partial charge in [0.1, 0.15) is 5.82 Å². The van der Waals surface area contributed by atoms with Crippen molar-refractivity contribution in [3.8, 4) is 0 Å². The summed E-state index contributed by atoms with van der Waals surface area (Å²) in [5.74, 6) is -1.48. The molecule has 2 aliphatic rings. The van der Waals surface area contributed by atoms with Crippen LogP contribution in [0.1, 0.15) is 37.3 Å². The largest absolute Gasteiger partial charge is 0.452 e. The zero-order chi connectivity index (χ0) is 19.1. The molecule has 2 aromatic rings. The fraction of sp³-hybridized carbons (Fsp3) is 0.364. The Balaban J connectivity index is 1.41. The van der Waals surface area contributed by atoms with E-state index in [1.165, 1.54) is 6.07 Å². The smallest absolute Gasteiger partial charge is 0.310 e. The van der Waals surface area contributed by atoms with Crippen LogP contribution >= 0.6 is 0 Å². The number of para-hydroxylation sites is 1. The van der Waals surface area contributed by atoms with Gasteiger partial charge in [-0.2, -0.15) is 0 Å². The first-order valence-electron chi connectivity index (χ1n) is 9.33. The number of hydrogen-bond donors (Lipinski definition) is 0. The molecule has 0 saturated heterocycles. The lowest BCUT2D eigenvalue weighted by atomic mass is 10.1. The van der Waals surface area contributed by atoms with Crippen molar-refractivity contribution in [3.05, 3.63) is 65.5 Å². The average Bonchev–Trinajstić information content (AvgIpc) is 3.37. The third kappa shape index (κ3) is 3.22. The van der Waals surface area contributed by atoms with Crippen LogP contribution in [0.15, 0.2) is 48.5 Å². The minimum absolute atomic E-state index is 0.0307. The summed E-state index contributed by atoms with van der Waals surface area (Å²) in [7, 11) is 0. The van der Waals surface area contributed by atoms with Gasteiger partial charge in [-0.05, 0) is 49.9 Å². The number of nitrogens with zero attached hydrogens (tertiary/aromatic N) is 1. The van der Waals surface area contributed by atoms with Gasteiger partial charge in [0, 0.05) is 17.6 Å². The lowest BCUT2D eigenvalue weighted by Gasteiger charge is -2.26. The summed E-state index contributed by atoms with van der Waals surface area (Å²) in [4.78, 5) is 27.0. The first-order valence-corrected chi connectivity index (χ1v) is 9.33. The van der Waals surface area contributed by atoms with E-state index in [0.29, 0.717) is 12.0 Å². The number of ether oxygens (including phenoxy) is 1. The molecule has 0 unspecified atom stereocenters. The molecule has 1 aliphatic heterocycles. The van der Waals surface area contributed by atoms with E-state index < -0.39 is 12.1 Å². The van der Waals surface area contributed by atoms with Gasteiger partial charge in [-0.15, -0.1) is 0 Å². The standard InChI is InChI=1S/C22H22FNO3/c1-13-11-15-7-3-6-10-20(15)24(13)21(25)14(2)27-22(26)18-12-17(18)16-8-4-5-9-19(16)23/h3-10,13-14,17-18H,11-12H2,1-2H3/t13-,14-,17+,18+/m0/s1. The summed E-state index contributed by atoms with van der Waals surface area (Å²) in [6.07, 6.45) is 0.484. The monoisotopic (exact) mass is 367 g/mol. The van der Waals surface area contributed by atoms with Gasteiger partial charge in [0.05, 0.1) is 5.92 Å². The molecule has 1 saturated carbocycles. The van der Waals surface area contributed by atoms with Crippen molar-refractivity contribution in [1.29, 1.82) is 0 Å². The summed E-state index contributed by atoms with van der Waals surface area (Å²) in [6, 6.07) is 14.3. The molecule has 140 valence electrons. The number of hydrogen-bond acceptors (Lipinski definition) is 3. The van der Waals surface area contributed by atoms with E-state index in [1.807, 2.05) is 31.2 Å². The van der Waals surface area contributed by atoms with Gasteiger partial charge in [0.25, 0.3) is 5.91 Å². The molecule has 4 rings (SSSR count). The third-order valence-corrected chi connectivity index (χ3v) is 5.48. The van der Waals surface area contributed by atoms with E-state index in [4.69, 9.17) is 4.74 Å². The quantitative estimate of drug-likeness (QED) is 0.772. The maximum absolute atomic E-state index is 13.9. The lowest BCUT2D eigenvalue weighted by Crippen LogP contribution is -2.43. The van der Waals surface area contributed by atoms with Crippen molar-refractivity contribution in [3.63, 3.8) is 0 Å². The van der Waals surface area contributed by atoms with Gasteiger partial charge in [-0.3, -0.25) is 9.59 Å². The molecule has 4 atom stereocenters. The highest BCUT2D eigenvalue weighted by Crippen LogP contribution is 2.49.